The first kappa shape index (κ1) is 13.1. The molecule has 0 amide bonds. The zero-order chi connectivity index (χ0) is 13.2. The van der Waals surface area contributed by atoms with E-state index >= 15 is 0 Å². The predicted octanol–water partition coefficient (Wildman–Crippen LogP) is 2.16. The largest absolute Gasteiger partial charge is 0.383 e. The molecule has 0 bridgehead atoms. The Morgan fingerprint density at radius 3 is 2.89 bits per heavy atom. The number of rotatable bonds is 4. The number of nitrogens with two attached hydrogens (primary N) is 1. The lowest BCUT2D eigenvalue weighted by Crippen LogP contribution is -2.33. The number of anilines is 2. The minimum absolute atomic E-state index is 0.0893. The van der Waals surface area contributed by atoms with Crippen molar-refractivity contribution in [1.82, 2.24) is 9.97 Å². The summed E-state index contributed by atoms with van der Waals surface area (Å²) in [5, 5.41) is 3.36. The Bertz CT molecular complexity index is 413. The van der Waals surface area contributed by atoms with Crippen molar-refractivity contribution in [3.8, 4) is 0 Å². The molecule has 1 atom stereocenters. The Labute approximate surface area is 108 Å². The fraction of sp³-hybridized carbons (Fsp3) is 0.692. The maximum absolute atomic E-state index is 5.92. The molecule has 0 saturated carbocycles. The molecule has 1 aliphatic rings. The van der Waals surface area contributed by atoms with Gasteiger partial charge in [-0.15, -0.1) is 0 Å². The van der Waals surface area contributed by atoms with E-state index in [4.69, 9.17) is 10.5 Å². The van der Waals surface area contributed by atoms with E-state index in [-0.39, 0.29) is 5.60 Å². The minimum atomic E-state index is -0.0893. The van der Waals surface area contributed by atoms with E-state index in [0.29, 0.717) is 11.7 Å². The Kier molecular flexibility index (Phi) is 3.71. The van der Waals surface area contributed by atoms with Crippen LogP contribution in [0.15, 0.2) is 6.33 Å². The summed E-state index contributed by atoms with van der Waals surface area (Å²) in [5.41, 5.74) is 6.81. The highest BCUT2D eigenvalue weighted by Crippen LogP contribution is 2.29. The van der Waals surface area contributed by atoms with Gasteiger partial charge >= 0.3 is 0 Å². The number of nitrogens with one attached hydrogen (secondary N) is 1. The van der Waals surface area contributed by atoms with Crippen molar-refractivity contribution < 1.29 is 4.74 Å². The molecule has 100 valence electrons. The van der Waals surface area contributed by atoms with Gasteiger partial charge in [0.05, 0.1) is 5.60 Å². The van der Waals surface area contributed by atoms with Gasteiger partial charge in [0.25, 0.3) is 0 Å². The van der Waals surface area contributed by atoms with Gasteiger partial charge in [-0.3, -0.25) is 0 Å². The number of nitrogen functional groups attached to an aromatic ring is 1. The maximum Gasteiger partial charge on any atom is 0.135 e. The van der Waals surface area contributed by atoms with E-state index < -0.39 is 0 Å². The average Bonchev–Trinajstić information content (AvgIpc) is 2.73. The molecular formula is C13H22N4O. The van der Waals surface area contributed by atoms with Crippen LogP contribution in [0.2, 0.25) is 0 Å². The predicted molar refractivity (Wildman–Crippen MR) is 72.6 cm³/mol. The highest BCUT2D eigenvalue weighted by molar-refractivity contribution is 5.56. The topological polar surface area (TPSA) is 73.1 Å². The van der Waals surface area contributed by atoms with E-state index in [1.54, 1.807) is 0 Å². The smallest absolute Gasteiger partial charge is 0.135 e. The average molecular weight is 250 g/mol. The molecule has 0 aromatic carbocycles. The van der Waals surface area contributed by atoms with Gasteiger partial charge in [-0.2, -0.15) is 0 Å². The summed E-state index contributed by atoms with van der Waals surface area (Å²) in [4.78, 5) is 8.35. The third-order valence-electron chi connectivity index (χ3n) is 3.42. The van der Waals surface area contributed by atoms with Crippen molar-refractivity contribution in [1.29, 1.82) is 0 Å². The lowest BCUT2D eigenvalue weighted by atomic mass is 10.0. The van der Waals surface area contributed by atoms with Gasteiger partial charge in [0.15, 0.2) is 0 Å². The molecule has 0 aliphatic carbocycles. The molecular weight excluding hydrogens is 228 g/mol. The van der Waals surface area contributed by atoms with Crippen LogP contribution < -0.4 is 11.1 Å². The Morgan fingerprint density at radius 1 is 1.50 bits per heavy atom. The quantitative estimate of drug-likeness (QED) is 0.856. The SMILES string of the molecule is CC(C)c1c(N)ncnc1NCC1(C)CCCO1. The van der Waals surface area contributed by atoms with Gasteiger partial charge < -0.3 is 15.8 Å². The first-order chi connectivity index (χ1) is 8.52. The number of nitrogens with zero attached hydrogens (tertiary/aromatic N) is 2. The van der Waals surface area contributed by atoms with Crippen molar-refractivity contribution in [3.05, 3.63) is 11.9 Å². The molecule has 1 fully saturated rings. The van der Waals surface area contributed by atoms with E-state index in [1.165, 1.54) is 6.33 Å². The molecule has 18 heavy (non-hydrogen) atoms. The number of hydrogen-bond acceptors (Lipinski definition) is 5. The second-order valence-electron chi connectivity index (χ2n) is 5.43. The summed E-state index contributed by atoms with van der Waals surface area (Å²) in [6, 6.07) is 0. The third kappa shape index (κ3) is 2.72. The van der Waals surface area contributed by atoms with Crippen molar-refractivity contribution >= 4 is 11.6 Å². The lowest BCUT2D eigenvalue weighted by Gasteiger charge is -2.25. The number of aromatic nitrogens is 2. The van der Waals surface area contributed by atoms with Crippen LogP contribution in [0, 0.1) is 0 Å². The van der Waals surface area contributed by atoms with E-state index in [1.807, 2.05) is 0 Å². The van der Waals surface area contributed by atoms with Crippen LogP contribution in [0.25, 0.3) is 0 Å². The molecule has 2 heterocycles. The normalized spacial score (nSPS) is 23.6. The highest BCUT2D eigenvalue weighted by atomic mass is 16.5. The molecule has 1 aromatic heterocycles. The van der Waals surface area contributed by atoms with E-state index in [2.05, 4.69) is 36.1 Å². The molecule has 0 radical (unpaired) electrons. The molecule has 2 rings (SSSR count). The van der Waals surface area contributed by atoms with Crippen LogP contribution >= 0.6 is 0 Å². The summed E-state index contributed by atoms with van der Waals surface area (Å²) < 4.78 is 5.76. The first-order valence-corrected chi connectivity index (χ1v) is 6.50. The van der Waals surface area contributed by atoms with Gasteiger partial charge in [0.2, 0.25) is 0 Å². The maximum atomic E-state index is 5.92. The van der Waals surface area contributed by atoms with Gasteiger partial charge in [-0.1, -0.05) is 13.8 Å². The second-order valence-corrected chi connectivity index (χ2v) is 5.43. The monoisotopic (exact) mass is 250 g/mol. The summed E-state index contributed by atoms with van der Waals surface area (Å²) in [6.45, 7) is 7.92. The Hall–Kier alpha value is -1.36. The molecule has 5 nitrogen and oxygen atoms in total. The Balaban J connectivity index is 2.11. The summed E-state index contributed by atoms with van der Waals surface area (Å²) >= 11 is 0. The fourth-order valence-electron chi connectivity index (χ4n) is 2.37. The molecule has 1 unspecified atom stereocenters. The number of ether oxygens (including phenoxy) is 1. The van der Waals surface area contributed by atoms with Gasteiger partial charge in [-0.05, 0) is 25.7 Å². The number of hydrogen-bond donors (Lipinski definition) is 2. The zero-order valence-electron chi connectivity index (χ0n) is 11.4. The minimum Gasteiger partial charge on any atom is -0.383 e. The van der Waals surface area contributed by atoms with Crippen molar-refractivity contribution in [3.63, 3.8) is 0 Å². The first-order valence-electron chi connectivity index (χ1n) is 6.50. The highest BCUT2D eigenvalue weighted by Gasteiger charge is 2.30. The molecule has 1 aliphatic heterocycles. The van der Waals surface area contributed by atoms with E-state index in [9.17, 15) is 0 Å². The van der Waals surface area contributed by atoms with Gasteiger partial charge in [-0.25, -0.2) is 9.97 Å². The Morgan fingerprint density at radius 2 is 2.28 bits per heavy atom. The van der Waals surface area contributed by atoms with Crippen LogP contribution in [-0.2, 0) is 4.74 Å². The molecule has 0 spiro atoms. The van der Waals surface area contributed by atoms with Crippen molar-refractivity contribution in [2.24, 2.45) is 0 Å². The van der Waals surface area contributed by atoms with Crippen LogP contribution in [0.4, 0.5) is 11.6 Å². The fourth-order valence-corrected chi connectivity index (χ4v) is 2.37. The molecule has 5 heteroatoms. The summed E-state index contributed by atoms with van der Waals surface area (Å²) in [7, 11) is 0. The standard InChI is InChI=1S/C13H22N4O/c1-9(2)10-11(14)16-8-17-12(10)15-7-13(3)5-4-6-18-13/h8-9H,4-7H2,1-3H3,(H3,14,15,16,17). The van der Waals surface area contributed by atoms with Gasteiger partial charge in [0.1, 0.15) is 18.0 Å². The molecule has 3 N–H and O–H groups in total. The van der Waals surface area contributed by atoms with Crippen molar-refractivity contribution in [2.75, 3.05) is 24.2 Å². The van der Waals surface area contributed by atoms with Crippen LogP contribution in [0.5, 0.6) is 0 Å². The zero-order valence-corrected chi connectivity index (χ0v) is 11.4. The van der Waals surface area contributed by atoms with Crippen LogP contribution in [0.3, 0.4) is 0 Å². The van der Waals surface area contributed by atoms with Crippen LogP contribution in [0.1, 0.15) is 45.1 Å². The third-order valence-corrected chi connectivity index (χ3v) is 3.42. The summed E-state index contributed by atoms with van der Waals surface area (Å²) in [5.74, 6) is 1.68. The van der Waals surface area contributed by atoms with Crippen molar-refractivity contribution in [2.45, 2.75) is 45.1 Å². The van der Waals surface area contributed by atoms with Crippen LogP contribution in [-0.4, -0.2) is 28.7 Å². The van der Waals surface area contributed by atoms with Gasteiger partial charge in [0, 0.05) is 18.7 Å². The second kappa shape index (κ2) is 5.10. The lowest BCUT2D eigenvalue weighted by molar-refractivity contribution is 0.0314. The molecule has 1 aromatic rings. The summed E-state index contributed by atoms with van der Waals surface area (Å²) in [6.07, 6.45) is 3.71. The molecule has 1 saturated heterocycles. The van der Waals surface area contributed by atoms with E-state index in [0.717, 1.165) is 37.4 Å².